The largest absolute Gasteiger partial charge is 0.463 e. The third kappa shape index (κ3) is 3.91. The summed E-state index contributed by atoms with van der Waals surface area (Å²) in [4.78, 5) is 53.9. The number of carbonyl (C=O) groups excluding carboxylic acids is 4. The fourth-order valence-electron chi connectivity index (χ4n) is 3.96. The third-order valence-electron chi connectivity index (χ3n) is 5.32. The molecule has 2 heterocycles. The Morgan fingerprint density at radius 2 is 1.67 bits per heavy atom. The first kappa shape index (κ1) is 22.0. The summed E-state index contributed by atoms with van der Waals surface area (Å²) < 4.78 is 10.2. The van der Waals surface area contributed by atoms with E-state index < -0.39 is 29.8 Å². The summed E-state index contributed by atoms with van der Waals surface area (Å²) in [5.41, 5.74) is 2.07. The van der Waals surface area contributed by atoms with Crippen LogP contribution >= 0.6 is 0 Å². The summed E-state index contributed by atoms with van der Waals surface area (Å²) in [6, 6.07) is 14.0. The molecule has 0 N–H and O–H groups in total. The van der Waals surface area contributed by atoms with Gasteiger partial charge in [-0.3, -0.25) is 14.5 Å². The molecular formula is C25H22N2O6. The zero-order chi connectivity index (χ0) is 23.5. The average Bonchev–Trinajstić information content (AvgIpc) is 3.07. The number of ketones is 1. The van der Waals surface area contributed by atoms with Crippen LogP contribution in [0.1, 0.15) is 41.5 Å². The van der Waals surface area contributed by atoms with E-state index in [1.54, 1.807) is 56.5 Å². The number of anilines is 1. The van der Waals surface area contributed by atoms with Crippen LogP contribution in [0, 0.1) is 0 Å². The Morgan fingerprint density at radius 3 is 2.42 bits per heavy atom. The molecule has 33 heavy (non-hydrogen) atoms. The molecular weight excluding hydrogens is 424 g/mol. The van der Waals surface area contributed by atoms with E-state index in [1.165, 1.54) is 9.80 Å². The van der Waals surface area contributed by atoms with Crippen molar-refractivity contribution in [3.63, 3.8) is 0 Å². The highest BCUT2D eigenvalue weighted by Gasteiger charge is 2.44. The Hall–Kier alpha value is -4.20. The number of hydrogen-bond donors (Lipinski definition) is 0. The first-order chi connectivity index (χ1) is 16.0. The standard InChI is InChI=1S/C25H22N2O6/c1-3-32-21(28)15-20(25(31)33-4-2)26-14-13-16-9-5-6-10-17(16)23(26)27-19-12-8-7-11-18(19)22(29)24(27)30/h5-15,23H,3-4H2,1-2H3/b20-15+. The first-order valence-electron chi connectivity index (χ1n) is 10.6. The number of benzene rings is 2. The molecule has 1 atom stereocenters. The highest BCUT2D eigenvalue weighted by Crippen LogP contribution is 2.42. The topological polar surface area (TPSA) is 93.2 Å². The molecule has 0 saturated carbocycles. The van der Waals surface area contributed by atoms with Crippen molar-refractivity contribution >= 4 is 35.4 Å². The normalized spacial score (nSPS) is 17.0. The molecule has 2 aliphatic rings. The van der Waals surface area contributed by atoms with Crippen LogP contribution in [0.5, 0.6) is 0 Å². The quantitative estimate of drug-likeness (QED) is 0.382. The van der Waals surface area contributed by atoms with E-state index in [1.807, 2.05) is 18.2 Å². The monoisotopic (exact) mass is 446 g/mol. The van der Waals surface area contributed by atoms with Gasteiger partial charge in [0.25, 0.3) is 5.78 Å². The minimum absolute atomic E-state index is 0.0851. The maximum absolute atomic E-state index is 13.2. The molecule has 0 aromatic heterocycles. The summed E-state index contributed by atoms with van der Waals surface area (Å²) in [5.74, 6) is -2.85. The highest BCUT2D eigenvalue weighted by atomic mass is 16.5. The van der Waals surface area contributed by atoms with E-state index in [2.05, 4.69) is 0 Å². The first-order valence-corrected chi connectivity index (χ1v) is 10.6. The number of amides is 1. The van der Waals surface area contributed by atoms with Crippen LogP contribution < -0.4 is 4.90 Å². The Balaban J connectivity index is 1.90. The maximum Gasteiger partial charge on any atom is 0.355 e. The lowest BCUT2D eigenvalue weighted by molar-refractivity contribution is -0.142. The van der Waals surface area contributed by atoms with Gasteiger partial charge in [-0.05, 0) is 37.6 Å². The molecule has 0 radical (unpaired) electrons. The van der Waals surface area contributed by atoms with Gasteiger partial charge in [-0.1, -0.05) is 36.4 Å². The Labute approximate surface area is 190 Å². The van der Waals surface area contributed by atoms with Crippen molar-refractivity contribution in [2.24, 2.45) is 0 Å². The van der Waals surface area contributed by atoms with Gasteiger partial charge in [0.1, 0.15) is 11.9 Å². The molecule has 8 nitrogen and oxygen atoms in total. The van der Waals surface area contributed by atoms with E-state index in [0.717, 1.165) is 11.6 Å². The van der Waals surface area contributed by atoms with E-state index >= 15 is 0 Å². The number of carbonyl (C=O) groups is 4. The predicted molar refractivity (Wildman–Crippen MR) is 120 cm³/mol. The Kier molecular flexibility index (Phi) is 6.08. The van der Waals surface area contributed by atoms with Crippen molar-refractivity contribution < 1.29 is 28.7 Å². The van der Waals surface area contributed by atoms with Gasteiger partial charge in [0.15, 0.2) is 0 Å². The van der Waals surface area contributed by atoms with Gasteiger partial charge < -0.3 is 14.4 Å². The zero-order valence-corrected chi connectivity index (χ0v) is 18.2. The molecule has 8 heteroatoms. The minimum atomic E-state index is -0.906. The number of fused-ring (bicyclic) bond motifs is 2. The van der Waals surface area contributed by atoms with Gasteiger partial charge in [0.05, 0.1) is 30.5 Å². The summed E-state index contributed by atoms with van der Waals surface area (Å²) in [6.07, 6.45) is 3.49. The van der Waals surface area contributed by atoms with Crippen molar-refractivity contribution in [2.75, 3.05) is 18.1 Å². The molecule has 1 unspecified atom stereocenters. The van der Waals surface area contributed by atoms with Crippen molar-refractivity contribution in [1.82, 2.24) is 4.90 Å². The third-order valence-corrected chi connectivity index (χ3v) is 5.32. The molecule has 0 saturated heterocycles. The van der Waals surface area contributed by atoms with Crippen LogP contribution in [0.15, 0.2) is 66.5 Å². The lowest BCUT2D eigenvalue weighted by Gasteiger charge is -2.40. The number of ether oxygens (including phenoxy) is 2. The zero-order valence-electron chi connectivity index (χ0n) is 18.2. The molecule has 0 bridgehead atoms. The van der Waals surface area contributed by atoms with E-state index in [-0.39, 0.29) is 24.5 Å². The Morgan fingerprint density at radius 1 is 0.970 bits per heavy atom. The molecule has 0 aliphatic carbocycles. The van der Waals surface area contributed by atoms with Crippen molar-refractivity contribution in [2.45, 2.75) is 20.0 Å². The van der Waals surface area contributed by atoms with Crippen LogP contribution in [0.2, 0.25) is 0 Å². The fraction of sp³-hybridized carbons (Fsp3) is 0.200. The second-order valence-electron chi connectivity index (χ2n) is 7.25. The summed E-state index contributed by atoms with van der Waals surface area (Å²) in [5, 5.41) is 0. The maximum atomic E-state index is 13.2. The van der Waals surface area contributed by atoms with Crippen molar-refractivity contribution in [3.8, 4) is 0 Å². The van der Waals surface area contributed by atoms with Gasteiger partial charge in [-0.2, -0.15) is 0 Å². The van der Waals surface area contributed by atoms with E-state index in [9.17, 15) is 19.2 Å². The molecule has 4 rings (SSSR count). The SMILES string of the molecule is CCOC(=O)/C=C(\C(=O)OCC)N1C=Cc2ccccc2C1N1C(=O)C(=O)c2ccccc21. The van der Waals surface area contributed by atoms with Crippen LogP contribution in [0.3, 0.4) is 0 Å². The molecule has 0 fully saturated rings. The van der Waals surface area contributed by atoms with E-state index in [4.69, 9.17) is 9.47 Å². The summed E-state index contributed by atoms with van der Waals surface area (Å²) in [7, 11) is 0. The van der Waals surface area contributed by atoms with Crippen molar-refractivity contribution in [1.29, 1.82) is 0 Å². The van der Waals surface area contributed by atoms with Crippen LogP contribution in [-0.2, 0) is 23.9 Å². The summed E-state index contributed by atoms with van der Waals surface area (Å²) >= 11 is 0. The van der Waals surface area contributed by atoms with Gasteiger partial charge in [-0.15, -0.1) is 0 Å². The minimum Gasteiger partial charge on any atom is -0.463 e. The van der Waals surface area contributed by atoms with Gasteiger partial charge in [-0.25, -0.2) is 9.59 Å². The number of Topliss-reactive ketones (excluding diaryl/α,β-unsaturated/α-hetero) is 1. The van der Waals surface area contributed by atoms with E-state index in [0.29, 0.717) is 11.3 Å². The highest BCUT2D eigenvalue weighted by molar-refractivity contribution is 6.52. The lowest BCUT2D eigenvalue weighted by atomic mass is 9.99. The second kappa shape index (κ2) is 9.12. The van der Waals surface area contributed by atoms with Gasteiger partial charge >= 0.3 is 17.8 Å². The van der Waals surface area contributed by atoms with Gasteiger partial charge in [0, 0.05) is 11.8 Å². The molecule has 2 aliphatic heterocycles. The molecule has 168 valence electrons. The number of rotatable bonds is 6. The predicted octanol–water partition coefficient (Wildman–Crippen LogP) is 3.21. The van der Waals surface area contributed by atoms with Crippen molar-refractivity contribution in [3.05, 3.63) is 83.2 Å². The molecule has 2 aromatic carbocycles. The smallest absolute Gasteiger partial charge is 0.355 e. The number of hydrogen-bond acceptors (Lipinski definition) is 7. The fourth-order valence-corrected chi connectivity index (χ4v) is 3.96. The lowest BCUT2D eigenvalue weighted by Crippen LogP contribution is -2.44. The molecule has 0 spiro atoms. The van der Waals surface area contributed by atoms with Crippen LogP contribution in [0.25, 0.3) is 6.08 Å². The Bertz CT molecular complexity index is 1200. The number of para-hydroxylation sites is 1. The molecule has 1 amide bonds. The van der Waals surface area contributed by atoms with Crippen LogP contribution in [-0.4, -0.2) is 41.7 Å². The summed E-state index contributed by atoms with van der Waals surface area (Å²) in [6.45, 7) is 3.51. The van der Waals surface area contributed by atoms with Gasteiger partial charge in [0.2, 0.25) is 0 Å². The number of nitrogens with zero attached hydrogens (tertiary/aromatic N) is 2. The average molecular weight is 446 g/mol. The number of esters is 2. The second-order valence-corrected chi connectivity index (χ2v) is 7.25. The van der Waals surface area contributed by atoms with Crippen LogP contribution in [0.4, 0.5) is 5.69 Å². The molecule has 2 aromatic rings.